The van der Waals surface area contributed by atoms with Crippen LogP contribution in [0.4, 0.5) is 16.2 Å². The Kier molecular flexibility index (Phi) is 7.69. The van der Waals surface area contributed by atoms with Crippen LogP contribution in [0, 0.1) is 10.1 Å². The van der Waals surface area contributed by atoms with Crippen LogP contribution in [0.5, 0.6) is 5.75 Å². The lowest BCUT2D eigenvalue weighted by Gasteiger charge is -2.38. The van der Waals surface area contributed by atoms with Crippen molar-refractivity contribution in [1.29, 1.82) is 0 Å². The molecule has 0 spiro atoms. The highest BCUT2D eigenvalue weighted by Crippen LogP contribution is 2.31. The van der Waals surface area contributed by atoms with Gasteiger partial charge in [-0.2, -0.15) is 0 Å². The average Bonchev–Trinajstić information content (AvgIpc) is 2.89. The number of benzene rings is 2. The van der Waals surface area contributed by atoms with Crippen LogP contribution >= 0.6 is 0 Å². The molecular weight excluding hydrogens is 466 g/mol. The van der Waals surface area contributed by atoms with Crippen molar-refractivity contribution >= 4 is 23.4 Å². The fraction of sp³-hybridized carbons (Fsp3) is 0.360. The molecule has 0 aromatic heterocycles. The highest BCUT2D eigenvalue weighted by molar-refractivity contribution is 5.95. The zero-order valence-electron chi connectivity index (χ0n) is 20.2. The van der Waals surface area contributed by atoms with Gasteiger partial charge in [0.25, 0.3) is 5.69 Å². The number of ether oxygens (including phenoxy) is 2. The molecule has 0 aliphatic carbocycles. The van der Waals surface area contributed by atoms with Gasteiger partial charge in [-0.1, -0.05) is 12.1 Å². The van der Waals surface area contributed by atoms with E-state index in [-0.39, 0.29) is 17.9 Å². The largest absolute Gasteiger partial charge is 0.495 e. The third-order valence-electron chi connectivity index (χ3n) is 6.27. The molecule has 2 aliphatic heterocycles. The van der Waals surface area contributed by atoms with Crippen molar-refractivity contribution in [3.8, 4) is 5.75 Å². The van der Waals surface area contributed by atoms with Gasteiger partial charge in [0, 0.05) is 50.6 Å². The highest BCUT2D eigenvalue weighted by atomic mass is 16.6. The molecule has 0 bridgehead atoms. The first-order chi connectivity index (χ1) is 17.4. The van der Waals surface area contributed by atoms with Crippen LogP contribution in [-0.4, -0.2) is 68.3 Å². The molecule has 1 saturated heterocycles. The first kappa shape index (κ1) is 25.0. The van der Waals surface area contributed by atoms with Crippen molar-refractivity contribution in [2.24, 2.45) is 0 Å². The van der Waals surface area contributed by atoms with E-state index < -0.39 is 23.0 Å². The molecule has 2 aromatic rings. The standard InChI is InChI=1S/C25H29N5O6/c1-3-36-24(31)22-19(26-25(32)27-23(22)17-8-10-18(11-9-17)30(33)34)16-28-12-14-29(15-13-28)20-6-4-5-7-21(20)35-2/h4-11,23H,3,12-16H2,1-2H3,(H2,26,27,32)/t23-/m0/s1. The first-order valence-electron chi connectivity index (χ1n) is 11.7. The molecule has 2 aromatic carbocycles. The SMILES string of the molecule is CCOC(=O)C1=C(CN2CCN(c3ccccc3OC)CC2)NC(=O)N[C@H]1c1ccc([N+](=O)[O-])cc1. The number of rotatable bonds is 8. The molecule has 190 valence electrons. The minimum absolute atomic E-state index is 0.0752. The number of nitro benzene ring substituents is 1. The number of methoxy groups -OCH3 is 1. The Hall–Kier alpha value is -4.12. The van der Waals surface area contributed by atoms with Crippen LogP contribution in [0.2, 0.25) is 0 Å². The second kappa shape index (κ2) is 11.1. The van der Waals surface area contributed by atoms with Gasteiger partial charge >= 0.3 is 12.0 Å². The van der Waals surface area contributed by atoms with Gasteiger partial charge in [0.05, 0.1) is 35.9 Å². The number of amides is 2. The normalized spacial score (nSPS) is 18.3. The number of hydrogen-bond acceptors (Lipinski definition) is 8. The van der Waals surface area contributed by atoms with Crippen molar-refractivity contribution in [3.05, 3.63) is 75.5 Å². The number of anilines is 1. The number of carbonyl (C=O) groups excluding carboxylic acids is 2. The molecule has 11 heteroatoms. The van der Waals surface area contributed by atoms with E-state index in [1.165, 1.54) is 24.3 Å². The summed E-state index contributed by atoms with van der Waals surface area (Å²) in [6, 6.07) is 12.4. The highest BCUT2D eigenvalue weighted by Gasteiger charge is 2.35. The average molecular weight is 496 g/mol. The minimum atomic E-state index is -0.788. The van der Waals surface area contributed by atoms with Crippen molar-refractivity contribution in [3.63, 3.8) is 0 Å². The van der Waals surface area contributed by atoms with E-state index in [0.29, 0.717) is 30.9 Å². The summed E-state index contributed by atoms with van der Waals surface area (Å²) in [6.07, 6.45) is 0. The Morgan fingerprint density at radius 3 is 2.44 bits per heavy atom. The van der Waals surface area contributed by atoms with Crippen LogP contribution in [0.15, 0.2) is 59.8 Å². The van der Waals surface area contributed by atoms with E-state index in [2.05, 4.69) is 20.4 Å². The molecule has 2 N–H and O–H groups in total. The molecule has 2 heterocycles. The lowest BCUT2D eigenvalue weighted by molar-refractivity contribution is -0.384. The summed E-state index contributed by atoms with van der Waals surface area (Å²) in [5.74, 6) is 0.269. The van der Waals surface area contributed by atoms with E-state index in [1.807, 2.05) is 24.3 Å². The maximum atomic E-state index is 13.0. The van der Waals surface area contributed by atoms with Crippen LogP contribution < -0.4 is 20.3 Å². The van der Waals surface area contributed by atoms with Gasteiger partial charge in [-0.15, -0.1) is 0 Å². The third-order valence-corrected chi connectivity index (χ3v) is 6.27. The Labute approximate surface area is 208 Å². The van der Waals surface area contributed by atoms with Crippen LogP contribution in [0.25, 0.3) is 0 Å². The summed E-state index contributed by atoms with van der Waals surface area (Å²) in [7, 11) is 1.65. The molecule has 0 unspecified atom stereocenters. The molecule has 0 radical (unpaired) electrons. The number of nitrogens with zero attached hydrogens (tertiary/aromatic N) is 3. The lowest BCUT2D eigenvalue weighted by atomic mass is 9.94. The quantitative estimate of drug-likeness (QED) is 0.325. The molecule has 4 rings (SSSR count). The van der Waals surface area contributed by atoms with E-state index in [1.54, 1.807) is 14.0 Å². The number of carbonyl (C=O) groups is 2. The monoisotopic (exact) mass is 495 g/mol. The van der Waals surface area contributed by atoms with E-state index in [9.17, 15) is 19.7 Å². The fourth-order valence-corrected chi connectivity index (χ4v) is 4.49. The van der Waals surface area contributed by atoms with Gasteiger partial charge in [-0.3, -0.25) is 15.0 Å². The Morgan fingerprint density at radius 2 is 1.81 bits per heavy atom. The maximum absolute atomic E-state index is 13.0. The minimum Gasteiger partial charge on any atom is -0.495 e. The Bertz CT molecular complexity index is 1160. The molecule has 36 heavy (non-hydrogen) atoms. The molecule has 11 nitrogen and oxygen atoms in total. The topological polar surface area (TPSA) is 126 Å². The predicted molar refractivity (Wildman–Crippen MR) is 133 cm³/mol. The second-order valence-electron chi connectivity index (χ2n) is 8.43. The number of hydrogen-bond donors (Lipinski definition) is 2. The molecular formula is C25H29N5O6. The lowest BCUT2D eigenvalue weighted by Crippen LogP contribution is -2.51. The summed E-state index contributed by atoms with van der Waals surface area (Å²) in [4.78, 5) is 40.5. The molecule has 2 aliphatic rings. The number of piperazine rings is 1. The van der Waals surface area contributed by atoms with Gasteiger partial charge in [-0.05, 0) is 36.8 Å². The molecule has 0 saturated carbocycles. The zero-order chi connectivity index (χ0) is 25.7. The summed E-state index contributed by atoms with van der Waals surface area (Å²) in [6.45, 7) is 5.16. The van der Waals surface area contributed by atoms with Crippen LogP contribution in [0.3, 0.4) is 0 Å². The van der Waals surface area contributed by atoms with Crippen LogP contribution in [-0.2, 0) is 9.53 Å². The molecule has 1 fully saturated rings. The van der Waals surface area contributed by atoms with Crippen LogP contribution in [0.1, 0.15) is 18.5 Å². The predicted octanol–water partition coefficient (Wildman–Crippen LogP) is 2.60. The smallest absolute Gasteiger partial charge is 0.338 e. The fourth-order valence-electron chi connectivity index (χ4n) is 4.49. The summed E-state index contributed by atoms with van der Waals surface area (Å²) < 4.78 is 10.8. The van der Waals surface area contributed by atoms with E-state index >= 15 is 0 Å². The summed E-state index contributed by atoms with van der Waals surface area (Å²) >= 11 is 0. The van der Waals surface area contributed by atoms with Gasteiger partial charge in [0.1, 0.15) is 5.75 Å². The number of urea groups is 1. The summed E-state index contributed by atoms with van der Waals surface area (Å²) in [5.41, 5.74) is 2.26. The zero-order valence-corrected chi connectivity index (χ0v) is 20.2. The maximum Gasteiger partial charge on any atom is 0.338 e. The number of non-ortho nitro benzene ring substituents is 1. The van der Waals surface area contributed by atoms with Gasteiger partial charge < -0.3 is 25.0 Å². The number of nitro groups is 1. The number of nitrogens with one attached hydrogen (secondary N) is 2. The van der Waals surface area contributed by atoms with Gasteiger partial charge in [0.15, 0.2) is 0 Å². The van der Waals surface area contributed by atoms with E-state index in [4.69, 9.17) is 9.47 Å². The van der Waals surface area contributed by atoms with E-state index in [0.717, 1.165) is 24.5 Å². The first-order valence-corrected chi connectivity index (χ1v) is 11.7. The Balaban J connectivity index is 1.56. The molecule has 2 amide bonds. The molecule has 1 atom stereocenters. The van der Waals surface area contributed by atoms with Crippen molar-refractivity contribution in [2.75, 3.05) is 51.3 Å². The van der Waals surface area contributed by atoms with Crippen molar-refractivity contribution < 1.29 is 24.0 Å². The van der Waals surface area contributed by atoms with Crippen molar-refractivity contribution in [2.45, 2.75) is 13.0 Å². The van der Waals surface area contributed by atoms with Crippen molar-refractivity contribution in [1.82, 2.24) is 15.5 Å². The van der Waals surface area contributed by atoms with Gasteiger partial charge in [-0.25, -0.2) is 9.59 Å². The van der Waals surface area contributed by atoms with Gasteiger partial charge in [0.2, 0.25) is 0 Å². The second-order valence-corrected chi connectivity index (χ2v) is 8.43. The number of esters is 1. The summed E-state index contributed by atoms with van der Waals surface area (Å²) in [5, 5.41) is 16.6. The number of para-hydroxylation sites is 2. The third kappa shape index (κ3) is 5.41. The Morgan fingerprint density at radius 1 is 1.11 bits per heavy atom.